The van der Waals surface area contributed by atoms with Crippen LogP contribution < -0.4 is 5.32 Å². The molecule has 3 aromatic carbocycles. The van der Waals surface area contributed by atoms with Crippen LogP contribution in [0.4, 0.5) is 26.3 Å². The number of aromatic nitrogens is 1. The van der Waals surface area contributed by atoms with Gasteiger partial charge in [0, 0.05) is 35.4 Å². The molecule has 1 N–H and O–H groups in total. The summed E-state index contributed by atoms with van der Waals surface area (Å²) in [6.45, 7) is 7.03. The second-order valence-electron chi connectivity index (χ2n) is 12.8. The van der Waals surface area contributed by atoms with Crippen LogP contribution in [0.2, 0.25) is 0 Å². The van der Waals surface area contributed by atoms with E-state index >= 15 is 0 Å². The lowest BCUT2D eigenvalue weighted by atomic mass is 9.93. The maximum absolute atomic E-state index is 14.6. The molecule has 0 aliphatic carbocycles. The van der Waals surface area contributed by atoms with Gasteiger partial charge in [-0.25, -0.2) is 13.4 Å². The number of amides is 1. The summed E-state index contributed by atoms with van der Waals surface area (Å²) in [7, 11) is -3.85. The summed E-state index contributed by atoms with van der Waals surface area (Å²) >= 11 is 0. The van der Waals surface area contributed by atoms with Crippen LogP contribution in [0.3, 0.4) is 0 Å². The van der Waals surface area contributed by atoms with E-state index in [-0.39, 0.29) is 50.3 Å². The first-order valence-electron chi connectivity index (χ1n) is 16.7. The summed E-state index contributed by atoms with van der Waals surface area (Å²) in [5, 5.41) is 2.09. The molecule has 1 unspecified atom stereocenters. The molecule has 2 heterocycles. The summed E-state index contributed by atoms with van der Waals surface area (Å²) in [5.41, 5.74) is -1.37. The Labute approximate surface area is 293 Å². The van der Waals surface area contributed by atoms with Gasteiger partial charge >= 0.3 is 12.4 Å². The van der Waals surface area contributed by atoms with E-state index in [9.17, 15) is 39.6 Å². The van der Waals surface area contributed by atoms with Crippen molar-refractivity contribution in [1.29, 1.82) is 0 Å². The van der Waals surface area contributed by atoms with E-state index in [2.05, 4.69) is 29.0 Å². The van der Waals surface area contributed by atoms with Crippen LogP contribution in [0.25, 0.3) is 22.2 Å². The molecule has 274 valence electrons. The van der Waals surface area contributed by atoms with Crippen molar-refractivity contribution in [2.24, 2.45) is 0 Å². The van der Waals surface area contributed by atoms with Crippen molar-refractivity contribution in [3.8, 4) is 11.3 Å². The van der Waals surface area contributed by atoms with E-state index in [0.29, 0.717) is 19.1 Å². The molecule has 1 aliphatic heterocycles. The van der Waals surface area contributed by atoms with Crippen molar-refractivity contribution >= 4 is 26.6 Å². The molecule has 1 saturated heterocycles. The third-order valence-corrected chi connectivity index (χ3v) is 10.4. The van der Waals surface area contributed by atoms with Crippen LogP contribution in [0.1, 0.15) is 66.2 Å². The Bertz CT molecular complexity index is 1960. The number of rotatable bonds is 11. The van der Waals surface area contributed by atoms with Crippen LogP contribution in [-0.2, 0) is 22.6 Å². The predicted molar refractivity (Wildman–Crippen MR) is 184 cm³/mol. The molecule has 1 atom stereocenters. The second kappa shape index (κ2) is 15.3. The van der Waals surface area contributed by atoms with E-state index in [1.54, 1.807) is 0 Å². The van der Waals surface area contributed by atoms with E-state index in [0.717, 1.165) is 50.7 Å². The molecule has 0 radical (unpaired) electrons. The predicted octanol–water partition coefficient (Wildman–Crippen LogP) is 8.05. The topological polar surface area (TPSA) is 82.6 Å². The van der Waals surface area contributed by atoms with E-state index in [1.165, 1.54) is 60.7 Å². The number of pyridine rings is 1. The van der Waals surface area contributed by atoms with Gasteiger partial charge in [0.25, 0.3) is 5.91 Å². The summed E-state index contributed by atoms with van der Waals surface area (Å²) in [5.74, 6) is -1.17. The van der Waals surface area contributed by atoms with Crippen LogP contribution in [0.5, 0.6) is 0 Å². The third-order valence-electron chi connectivity index (χ3n) is 9.28. The second-order valence-corrected chi connectivity index (χ2v) is 14.9. The highest BCUT2D eigenvalue weighted by molar-refractivity contribution is 7.90. The molecule has 1 amide bonds. The fourth-order valence-corrected chi connectivity index (χ4v) is 7.41. The maximum Gasteiger partial charge on any atom is 0.416 e. The summed E-state index contributed by atoms with van der Waals surface area (Å²) in [6.07, 6.45) is -6.18. The van der Waals surface area contributed by atoms with Crippen molar-refractivity contribution in [3.05, 3.63) is 95.1 Å². The number of carbonyl (C=O) groups excluding carboxylic acids is 1. The van der Waals surface area contributed by atoms with Crippen LogP contribution >= 0.6 is 0 Å². The Morgan fingerprint density at radius 2 is 1.65 bits per heavy atom. The third kappa shape index (κ3) is 8.90. The van der Waals surface area contributed by atoms with Crippen molar-refractivity contribution in [2.45, 2.75) is 69.0 Å². The number of alkyl halides is 6. The van der Waals surface area contributed by atoms with Crippen molar-refractivity contribution < 1.29 is 39.6 Å². The lowest BCUT2D eigenvalue weighted by Crippen LogP contribution is -2.45. The molecule has 14 heteroatoms. The Hall–Kier alpha value is -4.01. The molecule has 7 nitrogen and oxygen atoms in total. The van der Waals surface area contributed by atoms with Gasteiger partial charge in [0.15, 0.2) is 15.9 Å². The van der Waals surface area contributed by atoms with E-state index < -0.39 is 39.7 Å². The Morgan fingerprint density at radius 3 is 2.24 bits per heavy atom. The van der Waals surface area contributed by atoms with Gasteiger partial charge in [0.05, 0.1) is 27.2 Å². The lowest BCUT2D eigenvalue weighted by molar-refractivity contribution is -0.155. The SMILES string of the molecule is CCCN(CC)C1CCN(Cc2c(-c3cccc(C(F)(F)F)c3)nc3ccc(S(C)(=O)=O)cc3c2C(=O)NC(c2ccccc2)C(F)(F)F)CC1. The van der Waals surface area contributed by atoms with Gasteiger partial charge < -0.3 is 10.2 Å². The Balaban J connectivity index is 1.72. The summed E-state index contributed by atoms with van der Waals surface area (Å²) in [4.78, 5) is 23.2. The molecule has 1 aliphatic rings. The largest absolute Gasteiger partial charge is 0.416 e. The molecule has 0 bridgehead atoms. The summed E-state index contributed by atoms with van der Waals surface area (Å²) < 4.78 is 111. The highest BCUT2D eigenvalue weighted by Crippen LogP contribution is 2.38. The van der Waals surface area contributed by atoms with Gasteiger partial charge in [-0.1, -0.05) is 56.3 Å². The normalized spacial score (nSPS) is 15.7. The highest BCUT2D eigenvalue weighted by Gasteiger charge is 2.43. The molecule has 1 aromatic heterocycles. The number of hydrogen-bond donors (Lipinski definition) is 1. The zero-order valence-corrected chi connectivity index (χ0v) is 29.3. The first-order valence-corrected chi connectivity index (χ1v) is 18.6. The number of nitrogens with zero attached hydrogens (tertiary/aromatic N) is 3. The average Bonchev–Trinajstić information content (AvgIpc) is 3.08. The quantitative estimate of drug-likeness (QED) is 0.157. The molecular formula is C37H40F6N4O3S. The first-order chi connectivity index (χ1) is 24.0. The zero-order chi connectivity index (χ0) is 37.1. The number of nitrogens with one attached hydrogen (secondary N) is 1. The minimum absolute atomic E-state index is 0.00776. The van der Waals surface area contributed by atoms with Crippen molar-refractivity contribution in [1.82, 2.24) is 20.1 Å². The first kappa shape index (κ1) is 38.2. The molecular weight excluding hydrogens is 694 g/mol. The number of carbonyl (C=O) groups is 1. The van der Waals surface area contributed by atoms with Crippen molar-refractivity contribution in [3.63, 3.8) is 0 Å². The summed E-state index contributed by atoms with van der Waals surface area (Å²) in [6, 6.07) is 12.8. The smallest absolute Gasteiger partial charge is 0.337 e. The Morgan fingerprint density at radius 1 is 0.961 bits per heavy atom. The minimum atomic E-state index is -4.92. The minimum Gasteiger partial charge on any atom is -0.337 e. The number of sulfone groups is 1. The van der Waals surface area contributed by atoms with Crippen LogP contribution in [0.15, 0.2) is 77.7 Å². The van der Waals surface area contributed by atoms with Gasteiger partial charge in [-0.3, -0.25) is 9.69 Å². The molecule has 5 rings (SSSR count). The molecule has 1 fully saturated rings. The van der Waals surface area contributed by atoms with Crippen LogP contribution in [0, 0.1) is 0 Å². The van der Waals surface area contributed by atoms with Crippen molar-refractivity contribution in [2.75, 3.05) is 32.4 Å². The number of hydrogen-bond acceptors (Lipinski definition) is 6. The van der Waals surface area contributed by atoms with Crippen LogP contribution in [-0.4, -0.2) is 73.8 Å². The number of halogens is 6. The fourth-order valence-electron chi connectivity index (χ4n) is 6.76. The number of piperidine rings is 1. The number of benzene rings is 3. The lowest BCUT2D eigenvalue weighted by Gasteiger charge is -2.38. The fraction of sp³-hybridized carbons (Fsp3) is 0.405. The van der Waals surface area contributed by atoms with E-state index in [4.69, 9.17) is 0 Å². The van der Waals surface area contributed by atoms with E-state index in [1.807, 2.05) is 4.90 Å². The Kier molecular flexibility index (Phi) is 11.5. The van der Waals surface area contributed by atoms with Gasteiger partial charge in [-0.05, 0) is 81.3 Å². The molecule has 51 heavy (non-hydrogen) atoms. The van der Waals surface area contributed by atoms with Gasteiger partial charge in [0.1, 0.15) is 0 Å². The monoisotopic (exact) mass is 734 g/mol. The van der Waals surface area contributed by atoms with Gasteiger partial charge in [-0.2, -0.15) is 26.3 Å². The van der Waals surface area contributed by atoms with Gasteiger partial charge in [-0.15, -0.1) is 0 Å². The average molecular weight is 735 g/mol. The highest BCUT2D eigenvalue weighted by atomic mass is 32.2. The molecule has 0 saturated carbocycles. The maximum atomic E-state index is 14.6. The van der Waals surface area contributed by atoms with Gasteiger partial charge in [0.2, 0.25) is 0 Å². The molecule has 0 spiro atoms. The standard InChI is InChI=1S/C37H40F6N4O3S/c1-4-18-47(5-2)27-16-19-46(20-17-27)23-30-32(35(48)45-34(37(41,42)43)24-10-7-6-8-11-24)29-22-28(51(3,49)50)14-15-31(29)44-33(30)25-12-9-13-26(21-25)36(38,39)40/h6-15,21-22,27,34H,4-5,16-20,23H2,1-3H3,(H,45,48). The number of likely N-dealkylation sites (tertiary alicyclic amines) is 1. The number of fused-ring (bicyclic) bond motifs is 1. The zero-order valence-electron chi connectivity index (χ0n) is 28.5. The molecule has 4 aromatic rings.